The van der Waals surface area contributed by atoms with Crippen molar-refractivity contribution in [1.29, 1.82) is 0 Å². The van der Waals surface area contributed by atoms with E-state index in [1.54, 1.807) is 24.4 Å². The highest BCUT2D eigenvalue weighted by Gasteiger charge is 2.19. The van der Waals surface area contributed by atoms with Crippen LogP contribution in [0.4, 0.5) is 9.18 Å². The van der Waals surface area contributed by atoms with E-state index < -0.39 is 0 Å². The van der Waals surface area contributed by atoms with Crippen molar-refractivity contribution in [2.45, 2.75) is 32.4 Å². The molecular weight excluding hydrogens is 347 g/mol. The predicted octanol–water partition coefficient (Wildman–Crippen LogP) is 3.30. The maximum Gasteiger partial charge on any atom is 0.315 e. The van der Waals surface area contributed by atoms with Crippen molar-refractivity contribution in [3.63, 3.8) is 0 Å². The second kappa shape index (κ2) is 9.32. The van der Waals surface area contributed by atoms with Crippen LogP contribution in [-0.4, -0.2) is 41.6 Å². The lowest BCUT2D eigenvalue weighted by Gasteiger charge is -2.32. The molecule has 1 unspecified atom stereocenters. The van der Waals surface area contributed by atoms with Gasteiger partial charge in [0, 0.05) is 31.4 Å². The average molecular weight is 372 g/mol. The van der Waals surface area contributed by atoms with Crippen LogP contribution in [-0.2, 0) is 6.54 Å². The monoisotopic (exact) mass is 372 g/mol. The van der Waals surface area contributed by atoms with Crippen molar-refractivity contribution in [3.8, 4) is 11.6 Å². The number of pyridine rings is 1. The minimum Gasteiger partial charge on any atom is -0.439 e. The zero-order chi connectivity index (χ0) is 19.1. The number of piperidine rings is 1. The van der Waals surface area contributed by atoms with E-state index in [1.165, 1.54) is 12.1 Å². The molecule has 2 amide bonds. The molecule has 0 bridgehead atoms. The number of halogens is 1. The number of likely N-dealkylation sites (N-methyl/N-ethyl adjacent to an activating group) is 1. The van der Waals surface area contributed by atoms with Crippen molar-refractivity contribution in [1.82, 2.24) is 20.5 Å². The van der Waals surface area contributed by atoms with Gasteiger partial charge < -0.3 is 20.3 Å². The summed E-state index contributed by atoms with van der Waals surface area (Å²) in [5.41, 5.74) is 0.871. The first-order valence-corrected chi connectivity index (χ1v) is 9.27. The van der Waals surface area contributed by atoms with Crippen molar-refractivity contribution < 1.29 is 13.9 Å². The predicted molar refractivity (Wildman–Crippen MR) is 101 cm³/mol. The number of hydrogen-bond donors (Lipinski definition) is 2. The number of ether oxygens (including phenoxy) is 1. The first-order chi connectivity index (χ1) is 13.1. The van der Waals surface area contributed by atoms with Crippen molar-refractivity contribution in [2.24, 2.45) is 0 Å². The maximum atomic E-state index is 12.9. The van der Waals surface area contributed by atoms with E-state index in [0.29, 0.717) is 18.2 Å². The van der Waals surface area contributed by atoms with Crippen molar-refractivity contribution >= 4 is 6.03 Å². The topological polar surface area (TPSA) is 66.5 Å². The number of benzene rings is 1. The Morgan fingerprint density at radius 1 is 1.30 bits per heavy atom. The van der Waals surface area contributed by atoms with Crippen LogP contribution >= 0.6 is 0 Å². The molecule has 0 radical (unpaired) electrons. The zero-order valence-corrected chi connectivity index (χ0v) is 15.5. The molecule has 2 heterocycles. The fourth-order valence-corrected chi connectivity index (χ4v) is 3.08. The normalized spacial score (nSPS) is 17.3. The van der Waals surface area contributed by atoms with Gasteiger partial charge in [-0.15, -0.1) is 0 Å². The van der Waals surface area contributed by atoms with Crippen LogP contribution in [0.2, 0.25) is 0 Å². The number of likely N-dealkylation sites (tertiary alicyclic amines) is 1. The summed E-state index contributed by atoms with van der Waals surface area (Å²) in [6.45, 7) is 5.55. The molecule has 1 aliphatic heterocycles. The molecule has 0 aliphatic carbocycles. The Labute approximate surface area is 158 Å². The third kappa shape index (κ3) is 5.92. The minimum atomic E-state index is -0.314. The highest BCUT2D eigenvalue weighted by molar-refractivity contribution is 5.74. The van der Waals surface area contributed by atoms with Crippen LogP contribution in [0.1, 0.15) is 25.3 Å². The van der Waals surface area contributed by atoms with E-state index in [1.807, 2.05) is 6.07 Å². The molecule has 1 aromatic heterocycles. The van der Waals surface area contributed by atoms with Gasteiger partial charge >= 0.3 is 6.03 Å². The number of rotatable bonds is 6. The Morgan fingerprint density at radius 3 is 2.81 bits per heavy atom. The van der Waals surface area contributed by atoms with Crippen LogP contribution in [0.3, 0.4) is 0 Å². The summed E-state index contributed by atoms with van der Waals surface area (Å²) in [5.74, 6) is 0.616. The molecule has 1 aliphatic rings. The smallest absolute Gasteiger partial charge is 0.315 e. The number of carbonyl (C=O) groups is 1. The summed E-state index contributed by atoms with van der Waals surface area (Å²) < 4.78 is 18.5. The van der Waals surface area contributed by atoms with Gasteiger partial charge in [0.15, 0.2) is 0 Å². The summed E-state index contributed by atoms with van der Waals surface area (Å²) in [7, 11) is 0. The van der Waals surface area contributed by atoms with Crippen LogP contribution in [0.25, 0.3) is 0 Å². The average Bonchev–Trinajstić information content (AvgIpc) is 2.69. The molecule has 1 fully saturated rings. The zero-order valence-electron chi connectivity index (χ0n) is 15.5. The van der Waals surface area contributed by atoms with E-state index in [-0.39, 0.29) is 17.9 Å². The molecule has 1 aromatic carbocycles. The number of aromatic nitrogens is 1. The van der Waals surface area contributed by atoms with E-state index >= 15 is 0 Å². The lowest BCUT2D eigenvalue weighted by Crippen LogP contribution is -2.50. The lowest BCUT2D eigenvalue weighted by molar-refractivity contribution is 0.192. The first kappa shape index (κ1) is 19.1. The molecule has 3 rings (SSSR count). The third-order valence-corrected chi connectivity index (χ3v) is 4.57. The van der Waals surface area contributed by atoms with Gasteiger partial charge in [-0.25, -0.2) is 14.2 Å². The molecule has 7 heteroatoms. The van der Waals surface area contributed by atoms with Crippen LogP contribution in [0.5, 0.6) is 11.6 Å². The number of nitrogens with zero attached hydrogens (tertiary/aromatic N) is 2. The first-order valence-electron chi connectivity index (χ1n) is 9.27. The minimum absolute atomic E-state index is 0.162. The molecule has 2 aromatic rings. The molecule has 144 valence electrons. The number of urea groups is 1. The van der Waals surface area contributed by atoms with Crippen molar-refractivity contribution in [3.05, 3.63) is 54.0 Å². The van der Waals surface area contributed by atoms with E-state index in [4.69, 9.17) is 4.74 Å². The van der Waals surface area contributed by atoms with Gasteiger partial charge in [0.05, 0.1) is 0 Å². The lowest BCUT2D eigenvalue weighted by atomic mass is 10.1. The van der Waals surface area contributed by atoms with Gasteiger partial charge in [0.2, 0.25) is 5.88 Å². The number of hydrogen-bond acceptors (Lipinski definition) is 4. The molecule has 27 heavy (non-hydrogen) atoms. The van der Waals surface area contributed by atoms with Crippen LogP contribution in [0.15, 0.2) is 42.6 Å². The Bertz CT molecular complexity index is 737. The van der Waals surface area contributed by atoms with Gasteiger partial charge in [-0.05, 0) is 55.8 Å². The summed E-state index contributed by atoms with van der Waals surface area (Å²) in [4.78, 5) is 18.7. The summed E-state index contributed by atoms with van der Waals surface area (Å²) in [6.07, 6.45) is 3.78. The Balaban J connectivity index is 1.44. The Kier molecular flexibility index (Phi) is 6.59. The number of carbonyl (C=O) groups excluding carboxylic acids is 1. The molecule has 1 atom stereocenters. The largest absolute Gasteiger partial charge is 0.439 e. The quantitative estimate of drug-likeness (QED) is 0.817. The maximum absolute atomic E-state index is 12.9. The van der Waals surface area contributed by atoms with Gasteiger partial charge in [0.25, 0.3) is 0 Å². The van der Waals surface area contributed by atoms with E-state index in [0.717, 1.165) is 38.0 Å². The Morgan fingerprint density at radius 2 is 2.11 bits per heavy atom. The molecule has 6 nitrogen and oxygen atoms in total. The highest BCUT2D eigenvalue weighted by Crippen LogP contribution is 2.19. The standard InChI is InChI=1S/C20H25FN4O2/c1-2-25-11-3-4-17(14-25)24-20(26)23-13-15-5-10-19(22-12-15)27-18-8-6-16(21)7-9-18/h5-10,12,17H,2-4,11,13-14H2,1H3,(H2,23,24,26). The molecule has 2 N–H and O–H groups in total. The van der Waals surface area contributed by atoms with Crippen LogP contribution in [0, 0.1) is 5.82 Å². The van der Waals surface area contributed by atoms with Crippen molar-refractivity contribution in [2.75, 3.05) is 19.6 Å². The summed E-state index contributed by atoms with van der Waals surface area (Å²) >= 11 is 0. The molecular formula is C20H25FN4O2. The summed E-state index contributed by atoms with van der Waals surface area (Å²) in [5, 5.41) is 5.90. The third-order valence-electron chi connectivity index (χ3n) is 4.57. The van der Waals surface area contributed by atoms with Crippen LogP contribution < -0.4 is 15.4 Å². The fraction of sp³-hybridized carbons (Fsp3) is 0.400. The molecule has 1 saturated heterocycles. The van der Waals surface area contributed by atoms with E-state index in [9.17, 15) is 9.18 Å². The van der Waals surface area contributed by atoms with Gasteiger partial charge in [-0.3, -0.25) is 0 Å². The van der Waals surface area contributed by atoms with Gasteiger partial charge in [-0.2, -0.15) is 0 Å². The summed E-state index contributed by atoms with van der Waals surface area (Å²) in [6, 6.07) is 9.34. The Hall–Kier alpha value is -2.67. The number of amides is 2. The SMILES string of the molecule is CCN1CCCC(NC(=O)NCc2ccc(Oc3ccc(F)cc3)nc2)C1. The highest BCUT2D eigenvalue weighted by atomic mass is 19.1. The second-order valence-electron chi connectivity index (χ2n) is 6.62. The number of nitrogens with one attached hydrogen (secondary N) is 2. The fourth-order valence-electron chi connectivity index (χ4n) is 3.08. The second-order valence-corrected chi connectivity index (χ2v) is 6.62. The van der Waals surface area contributed by atoms with Gasteiger partial charge in [-0.1, -0.05) is 13.0 Å². The molecule has 0 saturated carbocycles. The van der Waals surface area contributed by atoms with Gasteiger partial charge in [0.1, 0.15) is 11.6 Å². The molecule has 0 spiro atoms. The van der Waals surface area contributed by atoms with E-state index in [2.05, 4.69) is 27.4 Å².